The molecule has 1 saturated heterocycles. The molecule has 2 heterocycles. The number of sulfonamides is 1. The van der Waals surface area contributed by atoms with Gasteiger partial charge in [-0.2, -0.15) is 0 Å². The first-order valence-electron chi connectivity index (χ1n) is 7.36. The number of aliphatic hydroxyl groups is 1. The molecule has 1 unspecified atom stereocenters. The summed E-state index contributed by atoms with van der Waals surface area (Å²) in [6.45, 7) is 3.45. The summed E-state index contributed by atoms with van der Waals surface area (Å²) >= 11 is 0. The van der Waals surface area contributed by atoms with Crippen LogP contribution in [0.1, 0.15) is 31.7 Å². The van der Waals surface area contributed by atoms with Crippen LogP contribution in [-0.2, 0) is 16.6 Å². The van der Waals surface area contributed by atoms with E-state index in [0.717, 1.165) is 30.8 Å². The molecule has 6 nitrogen and oxygen atoms in total. The lowest BCUT2D eigenvalue weighted by Crippen LogP contribution is -2.39. The van der Waals surface area contributed by atoms with Gasteiger partial charge in [0, 0.05) is 31.4 Å². The van der Waals surface area contributed by atoms with Crippen LogP contribution < -0.4 is 9.62 Å². The van der Waals surface area contributed by atoms with Crippen molar-refractivity contribution in [2.24, 2.45) is 0 Å². The molecule has 7 heteroatoms. The highest BCUT2D eigenvalue weighted by atomic mass is 32.2. The summed E-state index contributed by atoms with van der Waals surface area (Å²) in [5.74, 6) is 0.890. The second-order valence-corrected chi connectivity index (χ2v) is 7.29. The zero-order chi connectivity index (χ0) is 15.3. The van der Waals surface area contributed by atoms with Crippen LogP contribution in [0.15, 0.2) is 18.3 Å². The molecule has 0 radical (unpaired) electrons. The number of hydrogen-bond donors (Lipinski definition) is 2. The van der Waals surface area contributed by atoms with E-state index in [1.54, 1.807) is 12.3 Å². The van der Waals surface area contributed by atoms with E-state index in [9.17, 15) is 13.5 Å². The smallest absolute Gasteiger partial charge is 0.211 e. The van der Waals surface area contributed by atoms with E-state index in [-0.39, 0.29) is 18.4 Å². The van der Waals surface area contributed by atoms with Crippen LogP contribution in [-0.4, -0.2) is 43.5 Å². The predicted molar refractivity (Wildman–Crippen MR) is 82.6 cm³/mol. The number of pyridine rings is 1. The van der Waals surface area contributed by atoms with Gasteiger partial charge in [0.15, 0.2) is 0 Å². The number of aromatic nitrogens is 1. The van der Waals surface area contributed by atoms with E-state index in [1.807, 2.05) is 17.9 Å². The standard InChI is InChI=1S/C14H23N3O3S/c1-2-9-21(19,20)16-10-12-5-3-7-15-14(12)17-8-4-6-13(18)11-17/h3,5,7,13,16,18H,2,4,6,8-11H2,1H3. The molecule has 0 saturated carbocycles. The van der Waals surface area contributed by atoms with Crippen LogP contribution in [0.25, 0.3) is 0 Å². The van der Waals surface area contributed by atoms with E-state index < -0.39 is 10.0 Å². The van der Waals surface area contributed by atoms with Crippen molar-refractivity contribution in [2.45, 2.75) is 38.8 Å². The molecule has 21 heavy (non-hydrogen) atoms. The summed E-state index contributed by atoms with van der Waals surface area (Å²) in [6.07, 6.45) is 3.67. The zero-order valence-corrected chi connectivity index (χ0v) is 13.1. The third-order valence-corrected chi connectivity index (χ3v) is 5.05. The molecule has 1 atom stereocenters. The Labute approximate surface area is 126 Å². The number of piperidine rings is 1. The van der Waals surface area contributed by atoms with E-state index in [1.165, 1.54) is 0 Å². The van der Waals surface area contributed by atoms with Crippen molar-refractivity contribution in [3.63, 3.8) is 0 Å². The lowest BCUT2D eigenvalue weighted by Gasteiger charge is -2.32. The van der Waals surface area contributed by atoms with Gasteiger partial charge in [-0.25, -0.2) is 18.1 Å². The number of hydrogen-bond acceptors (Lipinski definition) is 5. The first-order chi connectivity index (χ1) is 10.0. The predicted octanol–water partition coefficient (Wildman–Crippen LogP) is 0.872. The molecular weight excluding hydrogens is 290 g/mol. The van der Waals surface area contributed by atoms with Crippen molar-refractivity contribution < 1.29 is 13.5 Å². The van der Waals surface area contributed by atoms with Crippen LogP contribution in [0, 0.1) is 0 Å². The molecule has 0 spiro atoms. The van der Waals surface area contributed by atoms with Crippen LogP contribution in [0.4, 0.5) is 5.82 Å². The van der Waals surface area contributed by atoms with Gasteiger partial charge < -0.3 is 10.0 Å². The Bertz CT molecular complexity index is 562. The van der Waals surface area contributed by atoms with E-state index in [2.05, 4.69) is 9.71 Å². The molecule has 2 N–H and O–H groups in total. The average molecular weight is 313 g/mol. The molecule has 118 valence electrons. The minimum atomic E-state index is -3.23. The maximum atomic E-state index is 11.8. The summed E-state index contributed by atoms with van der Waals surface area (Å²) in [7, 11) is -3.23. The summed E-state index contributed by atoms with van der Waals surface area (Å²) in [5.41, 5.74) is 0.839. The minimum Gasteiger partial charge on any atom is -0.391 e. The topological polar surface area (TPSA) is 82.5 Å². The van der Waals surface area contributed by atoms with Crippen molar-refractivity contribution in [2.75, 3.05) is 23.7 Å². The summed E-state index contributed by atoms with van der Waals surface area (Å²) in [4.78, 5) is 6.39. The number of anilines is 1. The molecule has 1 aromatic rings. The maximum absolute atomic E-state index is 11.8. The highest BCUT2D eigenvalue weighted by Crippen LogP contribution is 2.21. The highest BCUT2D eigenvalue weighted by molar-refractivity contribution is 7.89. The van der Waals surface area contributed by atoms with E-state index in [0.29, 0.717) is 13.0 Å². The molecule has 1 aliphatic heterocycles. The molecule has 0 amide bonds. The number of nitrogens with one attached hydrogen (secondary N) is 1. The number of rotatable bonds is 6. The quantitative estimate of drug-likeness (QED) is 0.814. The first-order valence-corrected chi connectivity index (χ1v) is 9.01. The van der Waals surface area contributed by atoms with Crippen molar-refractivity contribution in [1.29, 1.82) is 0 Å². The fraction of sp³-hybridized carbons (Fsp3) is 0.643. The Kier molecular flexibility index (Phi) is 5.55. The van der Waals surface area contributed by atoms with Gasteiger partial charge in [0.2, 0.25) is 10.0 Å². The Morgan fingerprint density at radius 2 is 2.33 bits per heavy atom. The third-order valence-electron chi connectivity index (χ3n) is 3.52. The Morgan fingerprint density at radius 1 is 1.52 bits per heavy atom. The summed E-state index contributed by atoms with van der Waals surface area (Å²) in [5, 5.41) is 9.78. The molecule has 0 aliphatic carbocycles. The van der Waals surface area contributed by atoms with Crippen LogP contribution in [0.5, 0.6) is 0 Å². The van der Waals surface area contributed by atoms with Gasteiger partial charge in [-0.3, -0.25) is 0 Å². The van der Waals surface area contributed by atoms with Crippen LogP contribution >= 0.6 is 0 Å². The average Bonchev–Trinajstić information content (AvgIpc) is 2.45. The largest absolute Gasteiger partial charge is 0.391 e. The molecule has 1 aromatic heterocycles. The minimum absolute atomic E-state index is 0.130. The fourth-order valence-electron chi connectivity index (χ4n) is 2.53. The fourth-order valence-corrected chi connectivity index (χ4v) is 3.59. The summed E-state index contributed by atoms with van der Waals surface area (Å²) in [6, 6.07) is 3.67. The Hall–Kier alpha value is -1.18. The second-order valence-electron chi connectivity index (χ2n) is 5.37. The Balaban J connectivity index is 2.10. The molecule has 2 rings (SSSR count). The van der Waals surface area contributed by atoms with Crippen molar-refractivity contribution in [3.05, 3.63) is 23.9 Å². The van der Waals surface area contributed by atoms with Crippen LogP contribution in [0.3, 0.4) is 0 Å². The van der Waals surface area contributed by atoms with E-state index in [4.69, 9.17) is 0 Å². The zero-order valence-electron chi connectivity index (χ0n) is 12.3. The van der Waals surface area contributed by atoms with Crippen molar-refractivity contribution in [3.8, 4) is 0 Å². The number of aliphatic hydroxyl groups excluding tert-OH is 1. The monoisotopic (exact) mass is 313 g/mol. The van der Waals surface area contributed by atoms with Gasteiger partial charge in [0.05, 0.1) is 11.9 Å². The van der Waals surface area contributed by atoms with Crippen molar-refractivity contribution in [1.82, 2.24) is 9.71 Å². The van der Waals surface area contributed by atoms with Gasteiger partial charge in [0.1, 0.15) is 5.82 Å². The number of β-amino-alcohol motifs (C(OH)–C–C–N with tert-alkyl or cyclic N) is 1. The Morgan fingerprint density at radius 3 is 3.05 bits per heavy atom. The lowest BCUT2D eigenvalue weighted by molar-refractivity contribution is 0.154. The number of nitrogens with zero attached hydrogens (tertiary/aromatic N) is 2. The normalized spacial score (nSPS) is 19.7. The summed E-state index contributed by atoms with van der Waals surface area (Å²) < 4.78 is 26.1. The highest BCUT2D eigenvalue weighted by Gasteiger charge is 2.21. The molecule has 1 aliphatic rings. The molecule has 0 aromatic carbocycles. The van der Waals surface area contributed by atoms with Gasteiger partial charge >= 0.3 is 0 Å². The van der Waals surface area contributed by atoms with Crippen molar-refractivity contribution >= 4 is 15.8 Å². The van der Waals surface area contributed by atoms with Crippen LogP contribution in [0.2, 0.25) is 0 Å². The van der Waals surface area contributed by atoms with Gasteiger partial charge in [0.25, 0.3) is 0 Å². The van der Waals surface area contributed by atoms with Gasteiger partial charge in [-0.15, -0.1) is 0 Å². The third kappa shape index (κ3) is 4.66. The first kappa shape index (κ1) is 16.2. The second kappa shape index (κ2) is 7.20. The SMILES string of the molecule is CCCS(=O)(=O)NCc1cccnc1N1CCCC(O)C1. The van der Waals surface area contributed by atoms with Gasteiger partial charge in [-0.1, -0.05) is 13.0 Å². The molecule has 1 fully saturated rings. The molecular formula is C14H23N3O3S. The maximum Gasteiger partial charge on any atom is 0.211 e. The molecule has 0 bridgehead atoms. The van der Waals surface area contributed by atoms with Gasteiger partial charge in [-0.05, 0) is 25.3 Å². The lowest BCUT2D eigenvalue weighted by atomic mass is 10.1. The van der Waals surface area contributed by atoms with E-state index >= 15 is 0 Å².